The van der Waals surface area contributed by atoms with E-state index in [1.807, 2.05) is 25.3 Å². The first-order valence-corrected chi connectivity index (χ1v) is 8.84. The zero-order valence-electron chi connectivity index (χ0n) is 14.1. The van der Waals surface area contributed by atoms with E-state index in [2.05, 4.69) is 34.2 Å². The van der Waals surface area contributed by atoms with E-state index in [1.54, 1.807) is 0 Å². The molecule has 0 saturated heterocycles. The molecule has 0 bridgehead atoms. The summed E-state index contributed by atoms with van der Waals surface area (Å²) in [5.41, 5.74) is 2.59. The topological polar surface area (TPSA) is 38.2 Å². The average Bonchev–Trinajstić information content (AvgIpc) is 3.48. The average molecular weight is 321 g/mol. The highest BCUT2D eigenvalue weighted by Crippen LogP contribution is 2.38. The summed E-state index contributed by atoms with van der Waals surface area (Å²) in [4.78, 5) is 11.5. The Labute approximate surface area is 143 Å². The summed E-state index contributed by atoms with van der Waals surface area (Å²) >= 11 is 0. The van der Waals surface area contributed by atoms with E-state index >= 15 is 0 Å². The molecule has 1 aliphatic heterocycles. The fourth-order valence-electron chi connectivity index (χ4n) is 3.21. The van der Waals surface area contributed by atoms with Crippen LogP contribution < -0.4 is 9.64 Å². The molecule has 4 nitrogen and oxygen atoms in total. The number of hydrogen-bond donors (Lipinski definition) is 0. The van der Waals surface area contributed by atoms with Crippen molar-refractivity contribution in [2.24, 2.45) is 0 Å². The van der Waals surface area contributed by atoms with Crippen molar-refractivity contribution in [3.8, 4) is 5.75 Å². The highest BCUT2D eigenvalue weighted by atomic mass is 16.5. The molecule has 1 aromatic heterocycles. The van der Waals surface area contributed by atoms with Crippen molar-refractivity contribution in [2.75, 3.05) is 24.6 Å². The van der Waals surface area contributed by atoms with Crippen molar-refractivity contribution in [1.82, 2.24) is 9.97 Å². The SMILES string of the molecule is CCOc1ccccc1C1=CCN(c2ccnc(C3CC3)n2)CC1. The first kappa shape index (κ1) is 15.2. The van der Waals surface area contributed by atoms with Gasteiger partial charge in [-0.3, -0.25) is 0 Å². The zero-order valence-corrected chi connectivity index (χ0v) is 14.1. The number of rotatable bonds is 5. The maximum atomic E-state index is 5.78. The van der Waals surface area contributed by atoms with Crippen LogP contribution in [-0.4, -0.2) is 29.7 Å². The maximum absolute atomic E-state index is 5.78. The van der Waals surface area contributed by atoms with Gasteiger partial charge in [-0.2, -0.15) is 0 Å². The Bertz CT molecular complexity index is 752. The third-order valence-corrected chi connectivity index (χ3v) is 4.67. The van der Waals surface area contributed by atoms with Crippen LogP contribution in [0.25, 0.3) is 5.57 Å². The molecular weight excluding hydrogens is 298 g/mol. The van der Waals surface area contributed by atoms with Crippen LogP contribution in [0.4, 0.5) is 5.82 Å². The number of anilines is 1. The summed E-state index contributed by atoms with van der Waals surface area (Å²) in [5, 5.41) is 0. The van der Waals surface area contributed by atoms with E-state index in [4.69, 9.17) is 9.72 Å². The molecule has 1 fully saturated rings. The molecule has 4 rings (SSSR count). The van der Waals surface area contributed by atoms with Gasteiger partial charge in [0.05, 0.1) is 6.61 Å². The smallest absolute Gasteiger partial charge is 0.133 e. The van der Waals surface area contributed by atoms with Crippen molar-refractivity contribution >= 4 is 11.4 Å². The van der Waals surface area contributed by atoms with Gasteiger partial charge in [0, 0.05) is 30.8 Å². The second-order valence-electron chi connectivity index (χ2n) is 6.40. The van der Waals surface area contributed by atoms with Gasteiger partial charge in [-0.15, -0.1) is 0 Å². The van der Waals surface area contributed by atoms with Gasteiger partial charge in [0.25, 0.3) is 0 Å². The number of hydrogen-bond acceptors (Lipinski definition) is 4. The van der Waals surface area contributed by atoms with Crippen LogP contribution in [0.3, 0.4) is 0 Å². The summed E-state index contributed by atoms with van der Waals surface area (Å²) in [5.74, 6) is 3.65. The summed E-state index contributed by atoms with van der Waals surface area (Å²) in [6.45, 7) is 4.59. The summed E-state index contributed by atoms with van der Waals surface area (Å²) in [6.07, 6.45) is 7.69. The monoisotopic (exact) mass is 321 g/mol. The Morgan fingerprint density at radius 1 is 1.21 bits per heavy atom. The van der Waals surface area contributed by atoms with Gasteiger partial charge in [0.2, 0.25) is 0 Å². The van der Waals surface area contributed by atoms with Crippen LogP contribution >= 0.6 is 0 Å². The second kappa shape index (κ2) is 6.63. The molecule has 1 aromatic carbocycles. The molecule has 2 heterocycles. The lowest BCUT2D eigenvalue weighted by Gasteiger charge is -2.28. The molecule has 2 aromatic rings. The zero-order chi connectivity index (χ0) is 16.4. The summed E-state index contributed by atoms with van der Waals surface area (Å²) in [7, 11) is 0. The van der Waals surface area contributed by atoms with Gasteiger partial charge in [0.1, 0.15) is 17.4 Å². The largest absolute Gasteiger partial charge is 0.493 e. The molecule has 0 unspecified atom stereocenters. The maximum Gasteiger partial charge on any atom is 0.133 e. The molecule has 0 radical (unpaired) electrons. The Kier molecular flexibility index (Phi) is 4.20. The van der Waals surface area contributed by atoms with Crippen molar-refractivity contribution in [1.29, 1.82) is 0 Å². The fraction of sp³-hybridized carbons (Fsp3) is 0.400. The third-order valence-electron chi connectivity index (χ3n) is 4.67. The minimum Gasteiger partial charge on any atom is -0.493 e. The van der Waals surface area contributed by atoms with Crippen molar-refractivity contribution in [2.45, 2.75) is 32.1 Å². The van der Waals surface area contributed by atoms with E-state index in [0.717, 1.165) is 36.9 Å². The van der Waals surface area contributed by atoms with Crippen LogP contribution in [0.2, 0.25) is 0 Å². The van der Waals surface area contributed by atoms with E-state index in [9.17, 15) is 0 Å². The van der Waals surface area contributed by atoms with Gasteiger partial charge in [-0.1, -0.05) is 24.3 Å². The number of para-hydroxylation sites is 1. The Morgan fingerprint density at radius 3 is 2.83 bits per heavy atom. The van der Waals surface area contributed by atoms with Crippen molar-refractivity contribution in [3.05, 3.63) is 54.0 Å². The lowest BCUT2D eigenvalue weighted by Crippen LogP contribution is -2.29. The van der Waals surface area contributed by atoms with Gasteiger partial charge < -0.3 is 9.64 Å². The molecule has 124 valence electrons. The van der Waals surface area contributed by atoms with E-state index in [0.29, 0.717) is 12.5 Å². The molecule has 1 saturated carbocycles. The van der Waals surface area contributed by atoms with E-state index < -0.39 is 0 Å². The third kappa shape index (κ3) is 3.14. The van der Waals surface area contributed by atoms with Gasteiger partial charge >= 0.3 is 0 Å². The number of ether oxygens (including phenoxy) is 1. The predicted molar refractivity (Wildman–Crippen MR) is 96.4 cm³/mol. The highest BCUT2D eigenvalue weighted by Gasteiger charge is 2.27. The van der Waals surface area contributed by atoms with Gasteiger partial charge in [-0.05, 0) is 43.9 Å². The molecule has 1 aliphatic carbocycles. The van der Waals surface area contributed by atoms with Gasteiger partial charge in [-0.25, -0.2) is 9.97 Å². The number of benzene rings is 1. The minimum atomic E-state index is 0.596. The Morgan fingerprint density at radius 2 is 2.08 bits per heavy atom. The van der Waals surface area contributed by atoms with E-state index in [-0.39, 0.29) is 0 Å². The Balaban J connectivity index is 1.52. The van der Waals surface area contributed by atoms with Crippen LogP contribution in [0.5, 0.6) is 5.75 Å². The minimum absolute atomic E-state index is 0.596. The van der Waals surface area contributed by atoms with Crippen molar-refractivity contribution < 1.29 is 4.74 Å². The van der Waals surface area contributed by atoms with Crippen molar-refractivity contribution in [3.63, 3.8) is 0 Å². The molecule has 2 aliphatic rings. The quantitative estimate of drug-likeness (QED) is 0.833. The predicted octanol–water partition coefficient (Wildman–Crippen LogP) is 4.05. The standard InChI is InChI=1S/C20H23N3O/c1-2-24-18-6-4-3-5-17(18)15-10-13-23(14-11-15)19-9-12-21-20(22-19)16-7-8-16/h3-6,9-10,12,16H,2,7-8,11,13-14H2,1H3. The molecule has 0 spiro atoms. The molecule has 0 N–H and O–H groups in total. The number of aromatic nitrogens is 2. The van der Waals surface area contributed by atoms with Crippen LogP contribution in [0, 0.1) is 0 Å². The van der Waals surface area contributed by atoms with Crippen LogP contribution in [-0.2, 0) is 0 Å². The molecular formula is C20H23N3O. The highest BCUT2D eigenvalue weighted by molar-refractivity contribution is 5.72. The molecule has 24 heavy (non-hydrogen) atoms. The summed E-state index contributed by atoms with van der Waals surface area (Å²) in [6, 6.07) is 10.3. The van der Waals surface area contributed by atoms with Crippen LogP contribution in [0.1, 0.15) is 43.5 Å². The lowest BCUT2D eigenvalue weighted by molar-refractivity contribution is 0.339. The van der Waals surface area contributed by atoms with Crippen LogP contribution in [0.15, 0.2) is 42.6 Å². The normalized spacial score (nSPS) is 17.5. The fourth-order valence-corrected chi connectivity index (χ4v) is 3.21. The van der Waals surface area contributed by atoms with E-state index in [1.165, 1.54) is 24.0 Å². The Hall–Kier alpha value is -2.36. The summed E-state index contributed by atoms with van der Waals surface area (Å²) < 4.78 is 5.78. The first-order valence-electron chi connectivity index (χ1n) is 8.84. The molecule has 4 heteroatoms. The number of nitrogens with zero attached hydrogens (tertiary/aromatic N) is 3. The van der Waals surface area contributed by atoms with Gasteiger partial charge in [0.15, 0.2) is 0 Å². The molecule has 0 atom stereocenters. The molecule has 0 amide bonds. The first-order chi connectivity index (χ1) is 11.8. The lowest BCUT2D eigenvalue weighted by atomic mass is 9.98. The second-order valence-corrected chi connectivity index (χ2v) is 6.40.